The number of morpholine rings is 1. The van der Waals surface area contributed by atoms with Gasteiger partial charge in [0, 0.05) is 26.2 Å². The molecule has 148 valence electrons. The fourth-order valence-electron chi connectivity index (χ4n) is 2.64. The van der Waals surface area contributed by atoms with Gasteiger partial charge in [-0.1, -0.05) is 12.1 Å². The Balaban J connectivity index is 1.93. The molecule has 1 aliphatic rings. The van der Waals surface area contributed by atoms with Crippen molar-refractivity contribution in [3.8, 4) is 0 Å². The fourth-order valence-corrected chi connectivity index (χ4v) is 2.64. The monoisotopic (exact) mass is 377 g/mol. The summed E-state index contributed by atoms with van der Waals surface area (Å²) in [5.41, 5.74) is -0.755. The molecule has 0 aliphatic carbocycles. The van der Waals surface area contributed by atoms with Crippen molar-refractivity contribution in [2.24, 2.45) is 5.41 Å². The van der Waals surface area contributed by atoms with E-state index < -0.39 is 17.3 Å². The van der Waals surface area contributed by atoms with E-state index in [-0.39, 0.29) is 11.5 Å². The van der Waals surface area contributed by atoms with Crippen LogP contribution in [0.25, 0.3) is 0 Å². The van der Waals surface area contributed by atoms with Gasteiger partial charge >= 0.3 is 5.97 Å². The number of hydrogen-bond donors (Lipinski definition) is 2. The molecule has 1 aromatic carbocycles. The number of amides is 2. The average molecular weight is 377 g/mol. The summed E-state index contributed by atoms with van der Waals surface area (Å²) in [5.74, 6) is -1.43. The van der Waals surface area contributed by atoms with E-state index in [1.807, 2.05) is 0 Å². The number of ether oxygens (including phenoxy) is 2. The maximum atomic E-state index is 12.7. The number of benzene rings is 1. The Hall–Kier alpha value is -2.45. The van der Waals surface area contributed by atoms with Crippen molar-refractivity contribution in [1.29, 1.82) is 0 Å². The van der Waals surface area contributed by atoms with E-state index in [4.69, 9.17) is 9.47 Å². The van der Waals surface area contributed by atoms with Gasteiger partial charge in [0.25, 0.3) is 0 Å². The van der Waals surface area contributed by atoms with Crippen LogP contribution in [-0.2, 0) is 19.1 Å². The minimum atomic E-state index is -1.30. The van der Waals surface area contributed by atoms with E-state index in [2.05, 4.69) is 15.5 Å². The Morgan fingerprint density at radius 3 is 2.48 bits per heavy atom. The minimum absolute atomic E-state index is 0.233. The van der Waals surface area contributed by atoms with Gasteiger partial charge in [-0.2, -0.15) is 0 Å². The Kier molecular flexibility index (Phi) is 7.32. The van der Waals surface area contributed by atoms with Crippen LogP contribution in [0.2, 0.25) is 0 Å². The Morgan fingerprint density at radius 1 is 1.15 bits per heavy atom. The molecule has 1 aliphatic heterocycles. The third kappa shape index (κ3) is 5.51. The predicted molar refractivity (Wildman–Crippen MR) is 100 cm³/mol. The van der Waals surface area contributed by atoms with E-state index in [1.54, 1.807) is 38.1 Å². The lowest BCUT2D eigenvalue weighted by molar-refractivity contribution is -0.138. The first-order valence-corrected chi connectivity index (χ1v) is 8.93. The molecule has 2 amide bonds. The number of hydrogen-bond acceptors (Lipinski definition) is 6. The number of methoxy groups -OCH3 is 1. The molecule has 8 nitrogen and oxygen atoms in total. The van der Waals surface area contributed by atoms with Gasteiger partial charge in [0.1, 0.15) is 5.41 Å². The number of nitrogens with one attached hydrogen (secondary N) is 2. The molecular formula is C19H27N3O5. The molecular weight excluding hydrogens is 350 g/mol. The average Bonchev–Trinajstić information content (AvgIpc) is 2.68. The molecule has 0 unspecified atom stereocenters. The van der Waals surface area contributed by atoms with Crippen LogP contribution < -0.4 is 10.6 Å². The highest BCUT2D eigenvalue weighted by Crippen LogP contribution is 2.22. The summed E-state index contributed by atoms with van der Waals surface area (Å²) in [6, 6.07) is 6.51. The zero-order chi connectivity index (χ0) is 19.9. The quantitative estimate of drug-likeness (QED) is 0.541. The van der Waals surface area contributed by atoms with Crippen LogP contribution in [0.3, 0.4) is 0 Å². The van der Waals surface area contributed by atoms with Crippen molar-refractivity contribution < 1.29 is 23.9 Å². The highest BCUT2D eigenvalue weighted by molar-refractivity contribution is 6.11. The summed E-state index contributed by atoms with van der Waals surface area (Å²) in [6.07, 6.45) is 0. The third-order valence-electron chi connectivity index (χ3n) is 4.53. The summed E-state index contributed by atoms with van der Waals surface area (Å²) in [7, 11) is 1.27. The number of carbonyl (C=O) groups excluding carboxylic acids is 3. The number of anilines is 1. The zero-order valence-electron chi connectivity index (χ0n) is 16.0. The summed E-state index contributed by atoms with van der Waals surface area (Å²) < 4.78 is 10.0. The van der Waals surface area contributed by atoms with Gasteiger partial charge < -0.3 is 20.1 Å². The molecule has 27 heavy (non-hydrogen) atoms. The van der Waals surface area contributed by atoms with Gasteiger partial charge in [-0.3, -0.25) is 14.5 Å². The second-order valence-corrected chi connectivity index (χ2v) is 6.83. The lowest BCUT2D eigenvalue weighted by Crippen LogP contribution is -2.48. The molecule has 0 atom stereocenters. The molecule has 1 fully saturated rings. The fraction of sp³-hybridized carbons (Fsp3) is 0.526. The molecule has 2 rings (SSSR count). The number of carbonyl (C=O) groups is 3. The Bertz CT molecular complexity index is 684. The van der Waals surface area contributed by atoms with E-state index in [0.717, 1.165) is 13.1 Å². The molecule has 8 heteroatoms. The molecule has 0 radical (unpaired) electrons. The number of para-hydroxylation sites is 1. The molecule has 2 N–H and O–H groups in total. The lowest BCUT2D eigenvalue weighted by Gasteiger charge is -2.28. The summed E-state index contributed by atoms with van der Waals surface area (Å²) in [6.45, 7) is 7.32. The van der Waals surface area contributed by atoms with Crippen LogP contribution in [0, 0.1) is 5.41 Å². The van der Waals surface area contributed by atoms with Gasteiger partial charge in [-0.15, -0.1) is 0 Å². The van der Waals surface area contributed by atoms with Gasteiger partial charge in [0.2, 0.25) is 11.8 Å². The maximum absolute atomic E-state index is 12.7. The van der Waals surface area contributed by atoms with Crippen molar-refractivity contribution in [3.63, 3.8) is 0 Å². The highest BCUT2D eigenvalue weighted by Gasteiger charge is 2.36. The lowest BCUT2D eigenvalue weighted by atomic mass is 9.90. The molecule has 0 aromatic heterocycles. The molecule has 1 aromatic rings. The topological polar surface area (TPSA) is 97.0 Å². The molecule has 0 spiro atoms. The number of esters is 1. The van der Waals surface area contributed by atoms with Gasteiger partial charge in [0.05, 0.1) is 31.6 Å². The van der Waals surface area contributed by atoms with Crippen LogP contribution in [0.5, 0.6) is 0 Å². The van der Waals surface area contributed by atoms with Crippen molar-refractivity contribution in [1.82, 2.24) is 10.2 Å². The maximum Gasteiger partial charge on any atom is 0.339 e. The van der Waals surface area contributed by atoms with E-state index in [0.29, 0.717) is 32.0 Å². The molecule has 0 saturated carbocycles. The number of rotatable bonds is 7. The molecule has 1 heterocycles. The van der Waals surface area contributed by atoms with E-state index in [1.165, 1.54) is 7.11 Å². The van der Waals surface area contributed by atoms with Gasteiger partial charge in [0.15, 0.2) is 0 Å². The second-order valence-electron chi connectivity index (χ2n) is 6.83. The van der Waals surface area contributed by atoms with Crippen LogP contribution in [-0.4, -0.2) is 69.2 Å². The first kappa shape index (κ1) is 20.9. The summed E-state index contributed by atoms with van der Waals surface area (Å²) in [4.78, 5) is 39.2. The largest absolute Gasteiger partial charge is 0.465 e. The van der Waals surface area contributed by atoms with Crippen molar-refractivity contribution in [3.05, 3.63) is 29.8 Å². The smallest absolute Gasteiger partial charge is 0.339 e. The van der Waals surface area contributed by atoms with Gasteiger partial charge in [-0.25, -0.2) is 4.79 Å². The highest BCUT2D eigenvalue weighted by atomic mass is 16.5. The standard InChI is InChI=1S/C19H27N3O5/c1-19(2,17(24)20-8-9-22-10-12-27-13-11-22)18(25)21-15-7-5-4-6-14(15)16(23)26-3/h4-7H,8-13H2,1-3H3,(H,20,24)(H,21,25). The Labute approximate surface area is 159 Å². The predicted octanol–water partition coefficient (Wildman–Crippen LogP) is 0.886. The van der Waals surface area contributed by atoms with Crippen molar-refractivity contribution >= 4 is 23.5 Å². The SMILES string of the molecule is COC(=O)c1ccccc1NC(=O)C(C)(C)C(=O)NCCN1CCOCC1. The summed E-state index contributed by atoms with van der Waals surface area (Å²) >= 11 is 0. The normalized spacial score (nSPS) is 15.1. The second kappa shape index (κ2) is 9.48. The van der Waals surface area contributed by atoms with Gasteiger partial charge in [-0.05, 0) is 26.0 Å². The third-order valence-corrected chi connectivity index (χ3v) is 4.53. The van der Waals surface area contributed by atoms with Crippen LogP contribution >= 0.6 is 0 Å². The van der Waals surface area contributed by atoms with E-state index in [9.17, 15) is 14.4 Å². The van der Waals surface area contributed by atoms with Crippen molar-refractivity contribution in [2.75, 3.05) is 51.8 Å². The van der Waals surface area contributed by atoms with Crippen LogP contribution in [0.4, 0.5) is 5.69 Å². The number of nitrogens with zero attached hydrogens (tertiary/aromatic N) is 1. The minimum Gasteiger partial charge on any atom is -0.465 e. The molecule has 0 bridgehead atoms. The van der Waals surface area contributed by atoms with Crippen molar-refractivity contribution in [2.45, 2.75) is 13.8 Å². The zero-order valence-corrected chi connectivity index (χ0v) is 16.0. The first-order chi connectivity index (χ1) is 12.9. The van der Waals surface area contributed by atoms with Crippen LogP contribution in [0.1, 0.15) is 24.2 Å². The Morgan fingerprint density at radius 2 is 1.81 bits per heavy atom. The summed E-state index contributed by atoms with van der Waals surface area (Å²) in [5, 5.41) is 5.47. The first-order valence-electron chi connectivity index (χ1n) is 8.93. The van der Waals surface area contributed by atoms with E-state index >= 15 is 0 Å². The van der Waals surface area contributed by atoms with Crippen LogP contribution in [0.15, 0.2) is 24.3 Å². The molecule has 1 saturated heterocycles.